The largest absolute Gasteiger partial charge is 0.496 e. The van der Waals surface area contributed by atoms with Crippen molar-refractivity contribution < 1.29 is 14.3 Å². The quantitative estimate of drug-likeness (QED) is 0.744. The van der Waals surface area contributed by atoms with Crippen molar-refractivity contribution in [3.63, 3.8) is 0 Å². The van der Waals surface area contributed by atoms with Crippen molar-refractivity contribution in [3.05, 3.63) is 27.5 Å². The Hall–Kier alpha value is -1.07. The number of carbonyl (C=O) groups is 1. The van der Waals surface area contributed by atoms with Crippen LogP contribution in [0.1, 0.15) is 18.2 Å². The molecule has 1 unspecified atom stereocenters. The zero-order valence-electron chi connectivity index (χ0n) is 11.7. The number of thiophene rings is 1. The Labute approximate surface area is 131 Å². The van der Waals surface area contributed by atoms with Gasteiger partial charge in [-0.2, -0.15) is 0 Å². The first kappa shape index (κ1) is 15.3. The number of aryl methyl sites for hydroxylation is 1. The Kier molecular flexibility index (Phi) is 5.05. The SMILES string of the molecule is COC(=O)C(C)CCc1cc2cc(Br)c(OC)cc2s1. The molecule has 0 aliphatic rings. The summed E-state index contributed by atoms with van der Waals surface area (Å²) in [6.07, 6.45) is 1.69. The molecular formula is C15H17BrO3S. The van der Waals surface area contributed by atoms with E-state index in [1.807, 2.05) is 13.0 Å². The van der Waals surface area contributed by atoms with Crippen LogP contribution in [0.25, 0.3) is 10.1 Å². The molecule has 3 nitrogen and oxygen atoms in total. The van der Waals surface area contributed by atoms with Crippen molar-refractivity contribution in [3.8, 4) is 5.75 Å². The van der Waals surface area contributed by atoms with Crippen molar-refractivity contribution in [2.45, 2.75) is 19.8 Å². The first-order valence-corrected chi connectivity index (χ1v) is 8.00. The number of carbonyl (C=O) groups excluding carboxylic acids is 1. The summed E-state index contributed by atoms with van der Waals surface area (Å²) in [5, 5.41) is 1.20. The molecule has 2 aromatic rings. The van der Waals surface area contributed by atoms with E-state index in [9.17, 15) is 4.79 Å². The van der Waals surface area contributed by atoms with Gasteiger partial charge in [0.2, 0.25) is 0 Å². The number of ether oxygens (including phenoxy) is 2. The van der Waals surface area contributed by atoms with Crippen molar-refractivity contribution in [1.29, 1.82) is 0 Å². The van der Waals surface area contributed by atoms with Gasteiger partial charge in [-0.05, 0) is 52.4 Å². The molecule has 108 valence electrons. The molecule has 0 aliphatic heterocycles. The van der Waals surface area contributed by atoms with Gasteiger partial charge in [0.15, 0.2) is 0 Å². The summed E-state index contributed by atoms with van der Waals surface area (Å²) in [6.45, 7) is 1.90. The topological polar surface area (TPSA) is 35.5 Å². The number of rotatable bonds is 5. The van der Waals surface area contributed by atoms with Gasteiger partial charge in [-0.1, -0.05) is 6.92 Å². The number of hydrogen-bond donors (Lipinski definition) is 0. The monoisotopic (exact) mass is 356 g/mol. The minimum atomic E-state index is -0.143. The van der Waals surface area contributed by atoms with E-state index >= 15 is 0 Å². The van der Waals surface area contributed by atoms with Gasteiger partial charge in [0.05, 0.1) is 24.6 Å². The smallest absolute Gasteiger partial charge is 0.308 e. The van der Waals surface area contributed by atoms with Gasteiger partial charge in [-0.15, -0.1) is 11.3 Å². The average Bonchev–Trinajstić information content (AvgIpc) is 2.84. The maximum absolute atomic E-state index is 11.4. The van der Waals surface area contributed by atoms with Crippen LogP contribution in [0.5, 0.6) is 5.75 Å². The second kappa shape index (κ2) is 6.59. The molecule has 0 aliphatic carbocycles. The number of benzene rings is 1. The third kappa shape index (κ3) is 3.33. The van der Waals surface area contributed by atoms with Crippen molar-refractivity contribution in [2.75, 3.05) is 14.2 Å². The van der Waals surface area contributed by atoms with Crippen LogP contribution in [0.4, 0.5) is 0 Å². The first-order chi connectivity index (χ1) is 9.55. The van der Waals surface area contributed by atoms with Crippen LogP contribution < -0.4 is 4.74 Å². The van der Waals surface area contributed by atoms with E-state index < -0.39 is 0 Å². The molecule has 0 bridgehead atoms. The van der Waals surface area contributed by atoms with Gasteiger partial charge >= 0.3 is 5.97 Å². The van der Waals surface area contributed by atoms with Crippen LogP contribution in [0.15, 0.2) is 22.7 Å². The Balaban J connectivity index is 2.14. The molecule has 0 spiro atoms. The number of fused-ring (bicyclic) bond motifs is 1. The first-order valence-electron chi connectivity index (χ1n) is 6.39. The van der Waals surface area contributed by atoms with Crippen molar-refractivity contribution >= 4 is 43.3 Å². The molecule has 0 amide bonds. The Bertz CT molecular complexity index is 621. The fourth-order valence-corrected chi connectivity index (χ4v) is 3.67. The molecule has 1 atom stereocenters. The Morgan fingerprint density at radius 2 is 2.10 bits per heavy atom. The molecule has 1 aromatic carbocycles. The molecule has 5 heteroatoms. The summed E-state index contributed by atoms with van der Waals surface area (Å²) in [6, 6.07) is 6.28. The summed E-state index contributed by atoms with van der Waals surface area (Å²) >= 11 is 5.24. The lowest BCUT2D eigenvalue weighted by atomic mass is 10.1. The summed E-state index contributed by atoms with van der Waals surface area (Å²) in [7, 11) is 3.10. The van der Waals surface area contributed by atoms with Crippen LogP contribution in [0, 0.1) is 5.92 Å². The van der Waals surface area contributed by atoms with Crippen LogP contribution in [-0.4, -0.2) is 20.2 Å². The van der Waals surface area contributed by atoms with Gasteiger partial charge in [0.1, 0.15) is 5.75 Å². The molecular weight excluding hydrogens is 340 g/mol. The highest BCUT2D eigenvalue weighted by Gasteiger charge is 2.14. The lowest BCUT2D eigenvalue weighted by Gasteiger charge is -2.07. The van der Waals surface area contributed by atoms with Crippen LogP contribution in [-0.2, 0) is 16.0 Å². The second-order valence-electron chi connectivity index (χ2n) is 4.70. The molecule has 0 saturated carbocycles. The van der Waals surface area contributed by atoms with E-state index in [0.717, 1.165) is 23.1 Å². The highest BCUT2D eigenvalue weighted by molar-refractivity contribution is 9.10. The predicted octanol–water partition coefficient (Wildman–Crippen LogP) is 4.41. The number of halogens is 1. The zero-order chi connectivity index (χ0) is 14.7. The second-order valence-corrected chi connectivity index (χ2v) is 6.72. The molecule has 1 heterocycles. The maximum atomic E-state index is 11.4. The normalized spacial score (nSPS) is 12.4. The number of esters is 1. The van der Waals surface area contributed by atoms with Crippen LogP contribution >= 0.6 is 27.3 Å². The van der Waals surface area contributed by atoms with E-state index in [-0.39, 0.29) is 11.9 Å². The van der Waals surface area contributed by atoms with E-state index in [1.165, 1.54) is 22.1 Å². The van der Waals surface area contributed by atoms with Crippen molar-refractivity contribution in [2.24, 2.45) is 5.92 Å². The summed E-state index contributed by atoms with van der Waals surface area (Å²) < 4.78 is 12.2. The third-order valence-corrected chi connectivity index (χ3v) is 5.05. The lowest BCUT2D eigenvalue weighted by molar-refractivity contribution is -0.145. The molecule has 20 heavy (non-hydrogen) atoms. The molecule has 0 N–H and O–H groups in total. The predicted molar refractivity (Wildman–Crippen MR) is 85.6 cm³/mol. The Morgan fingerprint density at radius 3 is 2.75 bits per heavy atom. The van der Waals surface area contributed by atoms with Crippen LogP contribution in [0.3, 0.4) is 0 Å². The molecule has 0 radical (unpaired) electrons. The van der Waals surface area contributed by atoms with Gasteiger partial charge in [0, 0.05) is 9.58 Å². The fourth-order valence-electron chi connectivity index (χ4n) is 2.05. The third-order valence-electron chi connectivity index (χ3n) is 3.27. The molecule has 0 fully saturated rings. The molecule has 0 saturated heterocycles. The van der Waals surface area contributed by atoms with Gasteiger partial charge in [-0.25, -0.2) is 0 Å². The molecule has 1 aromatic heterocycles. The maximum Gasteiger partial charge on any atom is 0.308 e. The number of methoxy groups -OCH3 is 2. The van der Waals surface area contributed by atoms with Gasteiger partial charge in [-0.3, -0.25) is 4.79 Å². The zero-order valence-corrected chi connectivity index (χ0v) is 14.1. The average molecular weight is 357 g/mol. The van der Waals surface area contributed by atoms with E-state index in [2.05, 4.69) is 28.1 Å². The van der Waals surface area contributed by atoms with E-state index in [0.29, 0.717) is 0 Å². The van der Waals surface area contributed by atoms with Gasteiger partial charge in [0.25, 0.3) is 0 Å². The van der Waals surface area contributed by atoms with E-state index in [1.54, 1.807) is 18.4 Å². The van der Waals surface area contributed by atoms with Crippen LogP contribution in [0.2, 0.25) is 0 Å². The summed E-state index contributed by atoms with van der Waals surface area (Å²) in [4.78, 5) is 12.7. The number of hydrogen-bond acceptors (Lipinski definition) is 4. The molecule has 2 rings (SSSR count). The minimum absolute atomic E-state index is 0.0634. The highest BCUT2D eigenvalue weighted by atomic mass is 79.9. The Morgan fingerprint density at radius 1 is 1.35 bits per heavy atom. The minimum Gasteiger partial charge on any atom is -0.496 e. The van der Waals surface area contributed by atoms with Crippen molar-refractivity contribution in [1.82, 2.24) is 0 Å². The lowest BCUT2D eigenvalue weighted by Crippen LogP contribution is -2.13. The van der Waals surface area contributed by atoms with E-state index in [4.69, 9.17) is 9.47 Å². The summed E-state index contributed by atoms with van der Waals surface area (Å²) in [5.74, 6) is 0.635. The fraction of sp³-hybridized carbons (Fsp3) is 0.400. The standard InChI is InChI=1S/C15H17BrO3S/c1-9(15(17)19-3)4-5-11-6-10-7-12(16)13(18-2)8-14(10)20-11/h6-9H,4-5H2,1-3H3. The summed E-state index contributed by atoms with van der Waals surface area (Å²) in [5.41, 5.74) is 0. The van der Waals surface area contributed by atoms with Gasteiger partial charge < -0.3 is 9.47 Å². The highest BCUT2D eigenvalue weighted by Crippen LogP contribution is 2.35.